The molecule has 0 saturated heterocycles. The number of hydrogen-bond donors (Lipinski definition) is 0. The van der Waals surface area contributed by atoms with Crippen molar-refractivity contribution in [1.29, 1.82) is 0 Å². The summed E-state index contributed by atoms with van der Waals surface area (Å²) in [5.41, 5.74) is 13.0. The van der Waals surface area contributed by atoms with Crippen LogP contribution in [0, 0.1) is 0 Å². The van der Waals surface area contributed by atoms with E-state index in [9.17, 15) is 0 Å². The summed E-state index contributed by atoms with van der Waals surface area (Å²) in [6.07, 6.45) is 0. The Morgan fingerprint density at radius 1 is 0.339 bits per heavy atom. The van der Waals surface area contributed by atoms with Crippen molar-refractivity contribution in [2.75, 3.05) is 0 Å². The molecule has 272 valence electrons. The molecule has 0 saturated carbocycles. The largest absolute Gasteiger partial charge is 0.309 e. The summed E-state index contributed by atoms with van der Waals surface area (Å²) in [5.74, 6) is 0.813. The molecule has 0 aliphatic carbocycles. The lowest BCUT2D eigenvalue weighted by molar-refractivity contribution is 1.08. The van der Waals surface area contributed by atoms with Crippen LogP contribution in [0.1, 0.15) is 0 Å². The first kappa shape index (κ1) is 31.1. The van der Waals surface area contributed by atoms with E-state index in [1.807, 2.05) is 0 Å². The van der Waals surface area contributed by atoms with Crippen molar-refractivity contribution in [2.45, 2.75) is 0 Å². The quantitative estimate of drug-likeness (QED) is 0.180. The molecule has 0 fully saturated rings. The highest BCUT2D eigenvalue weighted by atomic mass is 15.1. The van der Waals surface area contributed by atoms with E-state index >= 15 is 0 Å². The molecule has 59 heavy (non-hydrogen) atoms. The molecule has 0 aliphatic heterocycles. The van der Waals surface area contributed by atoms with E-state index in [2.05, 4.69) is 202 Å². The molecule has 9 aromatic carbocycles. The van der Waals surface area contributed by atoms with Gasteiger partial charge in [0.2, 0.25) is 0 Å². The average molecular weight is 750 g/mol. The lowest BCUT2D eigenvalue weighted by atomic mass is 10.0. The van der Waals surface area contributed by atoms with Crippen LogP contribution in [0.2, 0.25) is 0 Å². The van der Waals surface area contributed by atoms with Gasteiger partial charge in [-0.2, -0.15) is 0 Å². The second kappa shape index (κ2) is 11.3. The zero-order valence-electron chi connectivity index (χ0n) is 31.6. The van der Waals surface area contributed by atoms with Crippen molar-refractivity contribution in [3.8, 4) is 22.8 Å². The van der Waals surface area contributed by atoms with E-state index in [1.165, 1.54) is 75.9 Å². The van der Waals surface area contributed by atoms with Gasteiger partial charge in [0, 0.05) is 59.7 Å². The van der Waals surface area contributed by atoms with Crippen LogP contribution in [0.4, 0.5) is 0 Å². The summed E-state index contributed by atoms with van der Waals surface area (Å²) in [4.78, 5) is 11.2. The van der Waals surface area contributed by atoms with Crippen LogP contribution in [0.15, 0.2) is 188 Å². The first-order chi connectivity index (χ1) is 29.3. The Balaban J connectivity index is 1.18. The summed E-state index contributed by atoms with van der Waals surface area (Å²) in [6.45, 7) is 0. The van der Waals surface area contributed by atoms with Crippen LogP contribution < -0.4 is 0 Å². The summed E-state index contributed by atoms with van der Waals surface area (Å²) in [7, 11) is 0. The van der Waals surface area contributed by atoms with Gasteiger partial charge in [0.05, 0.1) is 49.7 Å². The van der Waals surface area contributed by atoms with Gasteiger partial charge in [0.1, 0.15) is 5.69 Å². The summed E-state index contributed by atoms with van der Waals surface area (Å²) in [6, 6.07) is 67.9. The van der Waals surface area contributed by atoms with Gasteiger partial charge < -0.3 is 8.97 Å². The molecule has 0 N–H and O–H groups in total. The molecule has 0 amide bonds. The highest BCUT2D eigenvalue weighted by Gasteiger charge is 2.27. The van der Waals surface area contributed by atoms with Gasteiger partial charge in [-0.3, -0.25) is 4.57 Å². The molecule has 5 aromatic heterocycles. The van der Waals surface area contributed by atoms with Gasteiger partial charge in [0.25, 0.3) is 0 Å². The Hall–Kier alpha value is -8.02. The smallest absolute Gasteiger partial charge is 0.165 e. The minimum Gasteiger partial charge on any atom is -0.309 e. The Kier molecular flexibility index (Phi) is 5.96. The van der Waals surface area contributed by atoms with Gasteiger partial charge >= 0.3 is 0 Å². The highest BCUT2D eigenvalue weighted by Crippen LogP contribution is 2.48. The Bertz CT molecular complexity index is 4070. The van der Waals surface area contributed by atoms with Crippen molar-refractivity contribution in [2.24, 2.45) is 0 Å². The van der Waals surface area contributed by atoms with E-state index in [4.69, 9.17) is 9.97 Å². The van der Waals surface area contributed by atoms with Gasteiger partial charge in [0.15, 0.2) is 5.82 Å². The molecular formula is C54H31N5. The molecular weight excluding hydrogens is 719 g/mol. The van der Waals surface area contributed by atoms with E-state index < -0.39 is 0 Å². The van der Waals surface area contributed by atoms with E-state index in [1.54, 1.807) is 0 Å². The van der Waals surface area contributed by atoms with Crippen LogP contribution in [0.3, 0.4) is 0 Å². The van der Waals surface area contributed by atoms with Crippen molar-refractivity contribution < 1.29 is 0 Å². The molecule has 0 bridgehead atoms. The number of benzene rings is 9. The topological polar surface area (TPSA) is 40.0 Å². The molecule has 0 spiro atoms. The Morgan fingerprint density at radius 3 is 1.78 bits per heavy atom. The summed E-state index contributed by atoms with van der Waals surface area (Å²) < 4.78 is 7.27. The number of fused-ring (bicyclic) bond motifs is 16. The van der Waals surface area contributed by atoms with Crippen molar-refractivity contribution in [3.63, 3.8) is 0 Å². The van der Waals surface area contributed by atoms with Gasteiger partial charge in [-0.05, 0) is 66.0 Å². The third-order valence-electron chi connectivity index (χ3n) is 12.7. The molecule has 5 nitrogen and oxygen atoms in total. The fraction of sp³-hybridized carbons (Fsp3) is 0. The standard InChI is InChI=1S/C54H31N5/c1-2-15-34(16-3-1)57-44-23-11-6-18-36(44)40-30-33(27-29-47(40)57)51-54(56-43-22-10-9-21-42(43)55-51)59-48-31-41-37-19-7-12-24-45(37)58-46-25-13-8-20-38(46)50(53(41)58)49(48)39-28-26-32-14-4-5-17-35(32)52(39)59/h1-31H. The highest BCUT2D eigenvalue weighted by molar-refractivity contribution is 6.37. The maximum absolute atomic E-state index is 5.63. The molecule has 0 atom stereocenters. The molecule has 0 aliphatic rings. The maximum Gasteiger partial charge on any atom is 0.165 e. The number of hydrogen-bond acceptors (Lipinski definition) is 2. The summed E-state index contributed by atoms with van der Waals surface area (Å²) >= 11 is 0. The monoisotopic (exact) mass is 749 g/mol. The van der Waals surface area contributed by atoms with Gasteiger partial charge in [-0.1, -0.05) is 127 Å². The van der Waals surface area contributed by atoms with Crippen LogP contribution in [-0.4, -0.2) is 23.5 Å². The zero-order valence-corrected chi connectivity index (χ0v) is 31.6. The van der Waals surface area contributed by atoms with E-state index in [-0.39, 0.29) is 0 Å². The Morgan fingerprint density at radius 2 is 0.966 bits per heavy atom. The summed E-state index contributed by atoms with van der Waals surface area (Å²) in [5, 5.41) is 12.2. The predicted molar refractivity (Wildman–Crippen MR) is 246 cm³/mol. The second-order valence-electron chi connectivity index (χ2n) is 15.7. The van der Waals surface area contributed by atoms with Crippen molar-refractivity contribution >= 4 is 104 Å². The zero-order chi connectivity index (χ0) is 38.3. The first-order valence-corrected chi connectivity index (χ1v) is 20.2. The molecule has 14 rings (SSSR count). The lowest BCUT2D eigenvalue weighted by Gasteiger charge is -2.15. The normalized spacial score (nSPS) is 12.4. The number of aromatic nitrogens is 5. The third kappa shape index (κ3) is 4.03. The van der Waals surface area contributed by atoms with Crippen LogP contribution in [-0.2, 0) is 0 Å². The minimum atomic E-state index is 0.813. The molecule has 0 radical (unpaired) electrons. The van der Waals surface area contributed by atoms with Crippen LogP contribution in [0.5, 0.6) is 0 Å². The van der Waals surface area contributed by atoms with Crippen molar-refractivity contribution in [1.82, 2.24) is 23.5 Å². The maximum atomic E-state index is 5.63. The minimum absolute atomic E-state index is 0.813. The molecule has 5 heteroatoms. The van der Waals surface area contributed by atoms with E-state index in [0.29, 0.717) is 0 Å². The van der Waals surface area contributed by atoms with Crippen molar-refractivity contribution in [3.05, 3.63) is 188 Å². The number of nitrogens with zero attached hydrogens (tertiary/aromatic N) is 5. The fourth-order valence-corrected chi connectivity index (χ4v) is 10.3. The first-order valence-electron chi connectivity index (χ1n) is 20.2. The third-order valence-corrected chi connectivity index (χ3v) is 12.7. The van der Waals surface area contributed by atoms with Crippen LogP contribution >= 0.6 is 0 Å². The van der Waals surface area contributed by atoms with Gasteiger partial charge in [-0.15, -0.1) is 0 Å². The van der Waals surface area contributed by atoms with Gasteiger partial charge in [-0.25, -0.2) is 9.97 Å². The molecule has 0 unspecified atom stereocenters. The second-order valence-corrected chi connectivity index (χ2v) is 15.7. The Labute approximate surface area is 336 Å². The molecule has 5 heterocycles. The average Bonchev–Trinajstić information content (AvgIpc) is 4.03. The molecule has 14 aromatic rings. The lowest BCUT2D eigenvalue weighted by Crippen LogP contribution is -2.04. The number of para-hydroxylation sites is 6. The van der Waals surface area contributed by atoms with E-state index in [0.717, 1.165) is 50.3 Å². The fourth-order valence-electron chi connectivity index (χ4n) is 10.3. The predicted octanol–water partition coefficient (Wildman–Crippen LogP) is 13.8. The number of rotatable bonds is 3. The SMILES string of the molecule is c1ccc(-n2c3ccccc3c3cc(-c4nc5ccccc5nc4-n4c5cc6c7ccccc7n7c8ccccc8c(c5c5ccc8ccccc8c54)c67)ccc32)cc1. The van der Waals surface area contributed by atoms with Crippen LogP contribution in [0.25, 0.3) is 126 Å².